The minimum absolute atomic E-state index is 0.185. The molecule has 2 atom stereocenters. The fourth-order valence-corrected chi connectivity index (χ4v) is 4.29. The first-order valence-electron chi connectivity index (χ1n) is 9.40. The Labute approximate surface area is 148 Å². The number of rotatable bonds is 3. The first-order chi connectivity index (χ1) is 12.1. The first kappa shape index (κ1) is 16.5. The zero-order chi connectivity index (χ0) is 17.4. The molecule has 0 aromatic carbocycles. The van der Waals surface area contributed by atoms with Gasteiger partial charge < -0.3 is 14.6 Å². The van der Waals surface area contributed by atoms with Crippen molar-refractivity contribution in [3.05, 3.63) is 35.3 Å². The van der Waals surface area contributed by atoms with Crippen molar-refractivity contribution in [2.75, 3.05) is 18.0 Å². The third kappa shape index (κ3) is 3.15. The number of hydrogen-bond donors (Lipinski definition) is 1. The summed E-state index contributed by atoms with van der Waals surface area (Å²) in [5.41, 5.74) is 2.57. The molecule has 0 unspecified atom stereocenters. The van der Waals surface area contributed by atoms with Crippen LogP contribution in [0.5, 0.6) is 0 Å². The molecule has 1 aliphatic carbocycles. The Kier molecular flexibility index (Phi) is 4.46. The van der Waals surface area contributed by atoms with Crippen molar-refractivity contribution in [3.63, 3.8) is 0 Å². The number of aliphatic hydroxyl groups is 1. The van der Waals surface area contributed by atoms with Gasteiger partial charge in [0.25, 0.3) is 0 Å². The molecule has 2 aromatic heterocycles. The molecule has 1 fully saturated rings. The number of fused-ring (bicyclic) bond motifs is 1. The van der Waals surface area contributed by atoms with Gasteiger partial charge in [-0.2, -0.15) is 0 Å². The molecular weight excluding hydrogens is 314 g/mol. The average Bonchev–Trinajstić information content (AvgIpc) is 3.06. The molecule has 0 saturated carbocycles. The lowest BCUT2D eigenvalue weighted by Gasteiger charge is -2.37. The fraction of sp³-hybridized carbons (Fsp3) is 0.632. The van der Waals surface area contributed by atoms with Crippen LogP contribution in [-0.4, -0.2) is 37.7 Å². The molecule has 6 nitrogen and oxygen atoms in total. The van der Waals surface area contributed by atoms with E-state index in [2.05, 4.69) is 14.9 Å². The van der Waals surface area contributed by atoms with E-state index in [0.29, 0.717) is 0 Å². The third-order valence-electron chi connectivity index (χ3n) is 5.60. The Balaban J connectivity index is 1.60. The number of aliphatic hydroxyl groups excluding tert-OH is 1. The highest BCUT2D eigenvalue weighted by atomic mass is 16.3. The van der Waals surface area contributed by atoms with Crippen molar-refractivity contribution in [2.45, 2.75) is 51.6 Å². The van der Waals surface area contributed by atoms with Gasteiger partial charge in [0.1, 0.15) is 23.6 Å². The van der Waals surface area contributed by atoms with Gasteiger partial charge in [0.2, 0.25) is 0 Å². The second-order valence-corrected chi connectivity index (χ2v) is 7.42. The van der Waals surface area contributed by atoms with Gasteiger partial charge in [-0.1, -0.05) is 0 Å². The molecule has 2 aromatic rings. The molecular formula is C19H27N5O. The summed E-state index contributed by atoms with van der Waals surface area (Å²) < 4.78 is 1.92. The Bertz CT molecular complexity index is 756. The van der Waals surface area contributed by atoms with E-state index >= 15 is 0 Å². The quantitative estimate of drug-likeness (QED) is 0.928. The van der Waals surface area contributed by atoms with Crippen molar-refractivity contribution in [3.8, 4) is 0 Å². The summed E-state index contributed by atoms with van der Waals surface area (Å²) in [4.78, 5) is 16.2. The van der Waals surface area contributed by atoms with Gasteiger partial charge in [0.15, 0.2) is 0 Å². The zero-order valence-corrected chi connectivity index (χ0v) is 15.1. The highest BCUT2D eigenvalue weighted by molar-refractivity contribution is 5.50. The summed E-state index contributed by atoms with van der Waals surface area (Å²) in [7, 11) is 1.94. The second-order valence-electron chi connectivity index (χ2n) is 7.42. The van der Waals surface area contributed by atoms with Gasteiger partial charge >= 0.3 is 0 Å². The maximum atomic E-state index is 10.8. The number of hydrogen-bond acceptors (Lipinski definition) is 5. The lowest BCUT2D eigenvalue weighted by molar-refractivity contribution is 0.0873. The Morgan fingerprint density at radius 1 is 1.20 bits per heavy atom. The van der Waals surface area contributed by atoms with Gasteiger partial charge in [-0.25, -0.2) is 15.0 Å². The summed E-state index contributed by atoms with van der Waals surface area (Å²) in [5, 5.41) is 10.8. The van der Waals surface area contributed by atoms with Gasteiger partial charge in [-0.15, -0.1) is 0 Å². The van der Waals surface area contributed by atoms with Crippen LogP contribution in [0.3, 0.4) is 0 Å². The third-order valence-corrected chi connectivity index (χ3v) is 5.60. The van der Waals surface area contributed by atoms with Crippen molar-refractivity contribution in [1.29, 1.82) is 0 Å². The van der Waals surface area contributed by atoms with E-state index in [1.54, 1.807) is 6.20 Å². The van der Waals surface area contributed by atoms with Gasteiger partial charge in [0.05, 0.1) is 0 Å². The van der Waals surface area contributed by atoms with E-state index in [1.807, 2.05) is 24.7 Å². The molecule has 6 heteroatoms. The van der Waals surface area contributed by atoms with E-state index in [-0.39, 0.29) is 5.92 Å². The predicted octanol–water partition coefficient (Wildman–Crippen LogP) is 2.35. The first-order valence-corrected chi connectivity index (χ1v) is 9.40. The van der Waals surface area contributed by atoms with Crippen LogP contribution in [-0.2, 0) is 19.9 Å². The number of anilines is 1. The number of aromatic nitrogens is 4. The molecule has 1 N–H and O–H groups in total. The molecule has 25 heavy (non-hydrogen) atoms. The zero-order valence-electron chi connectivity index (χ0n) is 15.1. The van der Waals surface area contributed by atoms with E-state index in [4.69, 9.17) is 4.98 Å². The maximum absolute atomic E-state index is 10.8. The van der Waals surface area contributed by atoms with Crippen molar-refractivity contribution < 1.29 is 5.11 Å². The molecule has 3 heterocycles. The lowest BCUT2D eigenvalue weighted by atomic mass is 9.90. The molecule has 4 rings (SSSR count). The molecule has 0 radical (unpaired) electrons. The minimum Gasteiger partial charge on any atom is -0.385 e. The van der Waals surface area contributed by atoms with Crippen LogP contribution in [0.25, 0.3) is 0 Å². The van der Waals surface area contributed by atoms with Crippen LogP contribution in [0, 0.1) is 12.8 Å². The van der Waals surface area contributed by atoms with Crippen molar-refractivity contribution >= 4 is 5.82 Å². The Morgan fingerprint density at radius 3 is 2.84 bits per heavy atom. The molecule has 134 valence electrons. The molecule has 1 aliphatic heterocycles. The van der Waals surface area contributed by atoms with Gasteiger partial charge in [-0.05, 0) is 45.4 Å². The Morgan fingerprint density at radius 2 is 2.04 bits per heavy atom. The highest BCUT2D eigenvalue weighted by Gasteiger charge is 2.31. The topological polar surface area (TPSA) is 67.1 Å². The molecule has 0 amide bonds. The summed E-state index contributed by atoms with van der Waals surface area (Å²) in [5.74, 6) is 2.92. The number of aryl methyl sites for hydroxylation is 3. The van der Waals surface area contributed by atoms with Crippen molar-refractivity contribution in [1.82, 2.24) is 19.5 Å². The summed E-state index contributed by atoms with van der Waals surface area (Å²) >= 11 is 0. The Hall–Kier alpha value is -1.95. The molecule has 2 aliphatic rings. The van der Waals surface area contributed by atoms with Gasteiger partial charge in [-0.3, -0.25) is 0 Å². The van der Waals surface area contributed by atoms with Gasteiger partial charge in [0, 0.05) is 49.7 Å². The van der Waals surface area contributed by atoms with Crippen molar-refractivity contribution in [2.24, 2.45) is 13.0 Å². The SMILES string of the molecule is Cc1nc2c(c(N3CCC[C@@H]([C@@H](O)c4nccn4C)C3)n1)CCCC2. The molecule has 1 saturated heterocycles. The number of nitrogens with zero attached hydrogens (tertiary/aromatic N) is 5. The molecule has 0 bridgehead atoms. The summed E-state index contributed by atoms with van der Waals surface area (Å²) in [6.07, 6.45) is 9.81. The van der Waals surface area contributed by atoms with Crippen LogP contribution in [0.4, 0.5) is 5.82 Å². The van der Waals surface area contributed by atoms with Crippen LogP contribution < -0.4 is 4.90 Å². The lowest BCUT2D eigenvalue weighted by Crippen LogP contribution is -2.39. The van der Waals surface area contributed by atoms with E-state index < -0.39 is 6.10 Å². The normalized spacial score (nSPS) is 21.9. The summed E-state index contributed by atoms with van der Waals surface area (Å²) in [6, 6.07) is 0. The summed E-state index contributed by atoms with van der Waals surface area (Å²) in [6.45, 7) is 3.83. The molecule has 0 spiro atoms. The van der Waals surface area contributed by atoms with Crippen LogP contribution in [0.2, 0.25) is 0 Å². The second kappa shape index (κ2) is 6.75. The van der Waals surface area contributed by atoms with E-state index in [9.17, 15) is 5.11 Å². The van der Waals surface area contributed by atoms with Crippen LogP contribution in [0.15, 0.2) is 12.4 Å². The number of piperidine rings is 1. The van der Waals surface area contributed by atoms with E-state index in [0.717, 1.165) is 56.2 Å². The monoisotopic (exact) mass is 341 g/mol. The van der Waals surface area contributed by atoms with Crippen LogP contribution >= 0.6 is 0 Å². The van der Waals surface area contributed by atoms with Crippen LogP contribution in [0.1, 0.15) is 54.7 Å². The fourth-order valence-electron chi connectivity index (χ4n) is 4.29. The number of imidazole rings is 1. The van der Waals surface area contributed by atoms with E-state index in [1.165, 1.54) is 24.1 Å². The minimum atomic E-state index is -0.526. The largest absolute Gasteiger partial charge is 0.385 e. The average molecular weight is 341 g/mol. The maximum Gasteiger partial charge on any atom is 0.137 e. The highest BCUT2D eigenvalue weighted by Crippen LogP contribution is 2.34. The standard InChI is InChI=1S/C19H27N5O/c1-13-21-16-8-4-3-7-15(16)18(22-13)24-10-5-6-14(12-24)17(25)19-20-9-11-23(19)2/h9,11,14,17,25H,3-8,10,12H2,1-2H3/t14-,17-/m1/s1. The predicted molar refractivity (Wildman–Crippen MR) is 96.5 cm³/mol. The smallest absolute Gasteiger partial charge is 0.137 e.